The zero-order chi connectivity index (χ0) is 8.43. The Balaban J connectivity index is 2.33. The van der Waals surface area contributed by atoms with Gasteiger partial charge in [0.1, 0.15) is 0 Å². The number of hydrogen-bond donors (Lipinski definition) is 0. The lowest BCUT2D eigenvalue weighted by Crippen LogP contribution is -2.27. The molecule has 1 aliphatic rings. The summed E-state index contributed by atoms with van der Waals surface area (Å²) in [5.74, 6) is 0.976. The number of hydroxylamine groups is 2. The number of rotatable bonds is 3. The molecular formula is C8H15NO2. The minimum absolute atomic E-state index is 0.124. The average molecular weight is 157 g/mol. The first kappa shape index (κ1) is 8.53. The molecule has 0 heterocycles. The van der Waals surface area contributed by atoms with Crippen molar-refractivity contribution < 1.29 is 9.63 Å². The Morgan fingerprint density at radius 1 is 1.73 bits per heavy atom. The monoisotopic (exact) mass is 157 g/mol. The fourth-order valence-electron chi connectivity index (χ4n) is 1.32. The van der Waals surface area contributed by atoms with E-state index in [1.807, 2.05) is 0 Å². The standard InChI is InChI=1S/C8H15NO2/c1-4-6-5-7(6)8(10)9(2)11-3/h6-7H,4-5H2,1-3H3. The molecule has 0 radical (unpaired) electrons. The Hall–Kier alpha value is -0.570. The summed E-state index contributed by atoms with van der Waals surface area (Å²) in [5, 5.41) is 1.32. The quantitative estimate of drug-likeness (QED) is 0.573. The van der Waals surface area contributed by atoms with Crippen molar-refractivity contribution in [2.75, 3.05) is 14.2 Å². The van der Waals surface area contributed by atoms with Crippen LogP contribution in [0.4, 0.5) is 0 Å². The van der Waals surface area contributed by atoms with Crippen LogP contribution in [0.3, 0.4) is 0 Å². The lowest BCUT2D eigenvalue weighted by atomic mass is 10.2. The second-order valence-electron chi connectivity index (χ2n) is 3.03. The Bertz CT molecular complexity index is 158. The molecule has 0 spiro atoms. The fourth-order valence-corrected chi connectivity index (χ4v) is 1.32. The molecule has 0 aliphatic heterocycles. The normalized spacial score (nSPS) is 28.3. The van der Waals surface area contributed by atoms with Gasteiger partial charge in [0.05, 0.1) is 7.11 Å². The van der Waals surface area contributed by atoms with Crippen LogP contribution in [-0.2, 0) is 9.63 Å². The van der Waals surface area contributed by atoms with Crippen LogP contribution in [0.1, 0.15) is 19.8 Å². The van der Waals surface area contributed by atoms with E-state index in [0.717, 1.165) is 12.8 Å². The molecule has 0 aromatic rings. The van der Waals surface area contributed by atoms with E-state index in [2.05, 4.69) is 6.92 Å². The number of carbonyl (C=O) groups excluding carboxylic acids is 1. The first-order valence-corrected chi connectivity index (χ1v) is 4.02. The molecule has 2 unspecified atom stereocenters. The van der Waals surface area contributed by atoms with Crippen molar-refractivity contribution in [2.45, 2.75) is 19.8 Å². The first-order chi connectivity index (χ1) is 5.20. The van der Waals surface area contributed by atoms with Crippen molar-refractivity contribution in [3.8, 4) is 0 Å². The Morgan fingerprint density at radius 2 is 2.36 bits per heavy atom. The lowest BCUT2D eigenvalue weighted by Gasteiger charge is -2.12. The Kier molecular flexibility index (Phi) is 2.49. The van der Waals surface area contributed by atoms with Gasteiger partial charge in [-0.2, -0.15) is 0 Å². The van der Waals surface area contributed by atoms with E-state index in [4.69, 9.17) is 4.84 Å². The molecule has 1 amide bonds. The van der Waals surface area contributed by atoms with Crippen LogP contribution >= 0.6 is 0 Å². The zero-order valence-corrected chi connectivity index (χ0v) is 7.33. The van der Waals surface area contributed by atoms with Gasteiger partial charge in [-0.3, -0.25) is 9.63 Å². The molecule has 1 rings (SSSR count). The first-order valence-electron chi connectivity index (χ1n) is 4.02. The van der Waals surface area contributed by atoms with Gasteiger partial charge >= 0.3 is 0 Å². The third kappa shape index (κ3) is 1.71. The lowest BCUT2D eigenvalue weighted by molar-refractivity contribution is -0.170. The molecule has 1 fully saturated rings. The molecule has 1 saturated carbocycles. The number of carbonyl (C=O) groups is 1. The summed E-state index contributed by atoms with van der Waals surface area (Å²) in [7, 11) is 3.18. The van der Waals surface area contributed by atoms with Gasteiger partial charge in [0.15, 0.2) is 0 Å². The second kappa shape index (κ2) is 3.22. The summed E-state index contributed by atoms with van der Waals surface area (Å²) in [6.07, 6.45) is 2.15. The molecule has 0 saturated heterocycles. The summed E-state index contributed by atoms with van der Waals surface area (Å²) in [5.41, 5.74) is 0. The maximum atomic E-state index is 11.3. The van der Waals surface area contributed by atoms with E-state index in [0.29, 0.717) is 5.92 Å². The molecule has 0 aromatic heterocycles. The predicted molar refractivity (Wildman–Crippen MR) is 41.7 cm³/mol. The summed E-state index contributed by atoms with van der Waals surface area (Å²) < 4.78 is 0. The molecule has 3 nitrogen and oxygen atoms in total. The van der Waals surface area contributed by atoms with Crippen LogP contribution in [0.5, 0.6) is 0 Å². The maximum absolute atomic E-state index is 11.3. The fraction of sp³-hybridized carbons (Fsp3) is 0.875. The Morgan fingerprint density at radius 3 is 2.73 bits per heavy atom. The van der Waals surface area contributed by atoms with Crippen molar-refractivity contribution >= 4 is 5.91 Å². The number of nitrogens with zero attached hydrogens (tertiary/aromatic N) is 1. The highest BCUT2D eigenvalue weighted by atomic mass is 16.7. The molecule has 3 heteroatoms. The number of amides is 1. The SMILES string of the molecule is CCC1CC1C(=O)N(C)OC. The van der Waals surface area contributed by atoms with Crippen molar-refractivity contribution in [2.24, 2.45) is 11.8 Å². The van der Waals surface area contributed by atoms with E-state index in [1.165, 1.54) is 12.2 Å². The van der Waals surface area contributed by atoms with Gasteiger partial charge in [0, 0.05) is 13.0 Å². The smallest absolute Gasteiger partial charge is 0.249 e. The Labute approximate surface area is 67.3 Å². The van der Waals surface area contributed by atoms with Crippen LogP contribution in [-0.4, -0.2) is 25.1 Å². The summed E-state index contributed by atoms with van der Waals surface area (Å²) in [4.78, 5) is 16.1. The van der Waals surface area contributed by atoms with Crippen molar-refractivity contribution in [3.05, 3.63) is 0 Å². The van der Waals surface area contributed by atoms with Crippen LogP contribution in [0.2, 0.25) is 0 Å². The topological polar surface area (TPSA) is 29.5 Å². The minimum atomic E-state index is 0.124. The van der Waals surface area contributed by atoms with Gasteiger partial charge in [-0.25, -0.2) is 5.06 Å². The van der Waals surface area contributed by atoms with Crippen LogP contribution < -0.4 is 0 Å². The second-order valence-corrected chi connectivity index (χ2v) is 3.03. The third-order valence-corrected chi connectivity index (χ3v) is 2.35. The largest absolute Gasteiger partial charge is 0.275 e. The van der Waals surface area contributed by atoms with E-state index in [1.54, 1.807) is 7.05 Å². The van der Waals surface area contributed by atoms with Gasteiger partial charge in [-0.05, 0) is 12.3 Å². The van der Waals surface area contributed by atoms with Crippen molar-refractivity contribution in [1.82, 2.24) is 5.06 Å². The molecule has 0 aromatic carbocycles. The molecule has 64 valence electrons. The predicted octanol–water partition coefficient (Wildman–Crippen LogP) is 1.05. The molecule has 0 N–H and O–H groups in total. The van der Waals surface area contributed by atoms with Gasteiger partial charge in [-0.1, -0.05) is 13.3 Å². The van der Waals surface area contributed by atoms with E-state index < -0.39 is 0 Å². The molecule has 1 aliphatic carbocycles. The highest BCUT2D eigenvalue weighted by Crippen LogP contribution is 2.41. The summed E-state index contributed by atoms with van der Waals surface area (Å²) in [6, 6.07) is 0. The zero-order valence-electron chi connectivity index (χ0n) is 7.33. The van der Waals surface area contributed by atoms with Gasteiger partial charge in [-0.15, -0.1) is 0 Å². The van der Waals surface area contributed by atoms with Gasteiger partial charge in [0.25, 0.3) is 0 Å². The summed E-state index contributed by atoms with van der Waals surface area (Å²) in [6.45, 7) is 2.12. The van der Waals surface area contributed by atoms with Crippen molar-refractivity contribution in [3.63, 3.8) is 0 Å². The van der Waals surface area contributed by atoms with E-state index >= 15 is 0 Å². The van der Waals surface area contributed by atoms with Crippen molar-refractivity contribution in [1.29, 1.82) is 0 Å². The van der Waals surface area contributed by atoms with E-state index in [9.17, 15) is 4.79 Å². The van der Waals surface area contributed by atoms with Crippen LogP contribution in [0.25, 0.3) is 0 Å². The average Bonchev–Trinajstić information content (AvgIpc) is 2.80. The van der Waals surface area contributed by atoms with E-state index in [-0.39, 0.29) is 11.8 Å². The molecule has 11 heavy (non-hydrogen) atoms. The van der Waals surface area contributed by atoms with Gasteiger partial charge in [0.2, 0.25) is 5.91 Å². The highest BCUT2D eigenvalue weighted by Gasteiger charge is 2.42. The van der Waals surface area contributed by atoms with Crippen LogP contribution in [0.15, 0.2) is 0 Å². The third-order valence-electron chi connectivity index (χ3n) is 2.35. The molecule has 0 bridgehead atoms. The summed E-state index contributed by atoms with van der Waals surface area (Å²) >= 11 is 0. The highest BCUT2D eigenvalue weighted by molar-refractivity contribution is 5.80. The minimum Gasteiger partial charge on any atom is -0.275 e. The maximum Gasteiger partial charge on any atom is 0.249 e. The van der Waals surface area contributed by atoms with Gasteiger partial charge < -0.3 is 0 Å². The number of hydrogen-bond acceptors (Lipinski definition) is 2. The molecular weight excluding hydrogens is 142 g/mol. The van der Waals surface area contributed by atoms with Crippen LogP contribution in [0, 0.1) is 11.8 Å². The molecule has 2 atom stereocenters.